The molecule has 0 aliphatic heterocycles. The van der Waals surface area contributed by atoms with Crippen LogP contribution in [0.25, 0.3) is 27.7 Å². The summed E-state index contributed by atoms with van der Waals surface area (Å²) in [6.07, 6.45) is 6.72. The number of unbranched alkanes of at least 4 members (excludes halogenated alkanes) is 2. The second-order valence-corrected chi connectivity index (χ2v) is 8.92. The first-order chi connectivity index (χ1) is 17.1. The minimum Gasteiger partial charge on any atom is -0.424 e. The molecule has 0 radical (unpaired) electrons. The number of hydrogen-bond donors (Lipinski definition) is 0. The molecule has 7 heteroatoms. The number of ether oxygens (including phenoxy) is 1. The Morgan fingerprint density at radius 3 is 2.51 bits per heavy atom. The zero-order chi connectivity index (χ0) is 24.4. The summed E-state index contributed by atoms with van der Waals surface area (Å²) in [6, 6.07) is 14.4. The zero-order valence-electron chi connectivity index (χ0n) is 20.1. The second kappa shape index (κ2) is 9.86. The van der Waals surface area contributed by atoms with Gasteiger partial charge in [0, 0.05) is 25.6 Å². The van der Waals surface area contributed by atoms with Gasteiger partial charge in [-0.25, -0.2) is 14.4 Å². The monoisotopic (exact) mass is 472 g/mol. The Labute approximate surface area is 203 Å². The largest absolute Gasteiger partial charge is 0.424 e. The van der Waals surface area contributed by atoms with Gasteiger partial charge in [-0.2, -0.15) is 0 Å². The topological polar surface area (TPSA) is 61.4 Å². The predicted molar refractivity (Wildman–Crippen MR) is 135 cm³/mol. The second-order valence-electron chi connectivity index (χ2n) is 8.92. The highest BCUT2D eigenvalue weighted by molar-refractivity contribution is 6.01. The molecule has 180 valence electrons. The van der Waals surface area contributed by atoms with E-state index in [2.05, 4.69) is 11.3 Å². The third-order valence-electron chi connectivity index (χ3n) is 6.27. The molecular weight excluding hydrogens is 443 g/mol. The zero-order valence-corrected chi connectivity index (χ0v) is 20.1. The number of benzene rings is 2. The average molecular weight is 473 g/mol. The molecule has 0 fully saturated rings. The van der Waals surface area contributed by atoms with Gasteiger partial charge in [0.2, 0.25) is 0 Å². The van der Waals surface area contributed by atoms with E-state index in [1.165, 1.54) is 12.1 Å². The third-order valence-corrected chi connectivity index (χ3v) is 6.27. The molecule has 0 unspecified atom stereocenters. The number of fused-ring (bicyclic) bond motifs is 5. The molecule has 0 spiro atoms. The number of rotatable bonds is 9. The molecule has 0 saturated carbocycles. The first-order valence-corrected chi connectivity index (χ1v) is 12.3. The van der Waals surface area contributed by atoms with E-state index in [4.69, 9.17) is 14.7 Å². The Morgan fingerprint density at radius 2 is 1.74 bits per heavy atom. The van der Waals surface area contributed by atoms with Crippen LogP contribution < -0.4 is 4.74 Å². The summed E-state index contributed by atoms with van der Waals surface area (Å²) in [5.41, 5.74) is 4.23. The van der Waals surface area contributed by atoms with Gasteiger partial charge in [0.1, 0.15) is 22.7 Å². The van der Waals surface area contributed by atoms with Gasteiger partial charge in [0.05, 0.1) is 11.0 Å². The van der Waals surface area contributed by atoms with Crippen molar-refractivity contribution in [2.45, 2.75) is 58.9 Å². The molecular formula is C28H29FN4O2. The maximum absolute atomic E-state index is 13.5. The van der Waals surface area contributed by atoms with Crippen molar-refractivity contribution in [3.8, 4) is 5.75 Å². The Morgan fingerprint density at radius 1 is 0.971 bits per heavy atom. The summed E-state index contributed by atoms with van der Waals surface area (Å²) in [5, 5.41) is 0.716. The van der Waals surface area contributed by atoms with Crippen molar-refractivity contribution < 1.29 is 13.9 Å². The molecule has 0 N–H and O–H groups in total. The van der Waals surface area contributed by atoms with Crippen LogP contribution in [0.5, 0.6) is 5.75 Å². The highest BCUT2D eigenvalue weighted by atomic mass is 19.1. The van der Waals surface area contributed by atoms with Crippen molar-refractivity contribution in [2.75, 3.05) is 0 Å². The number of carbonyl (C=O) groups excluding carboxylic acids is 1. The van der Waals surface area contributed by atoms with E-state index >= 15 is 0 Å². The fourth-order valence-electron chi connectivity index (χ4n) is 4.46. The van der Waals surface area contributed by atoms with Gasteiger partial charge < -0.3 is 9.30 Å². The Hall–Kier alpha value is -3.74. The van der Waals surface area contributed by atoms with Crippen LogP contribution in [0.15, 0.2) is 54.7 Å². The van der Waals surface area contributed by atoms with E-state index in [0.29, 0.717) is 29.7 Å². The van der Waals surface area contributed by atoms with Crippen molar-refractivity contribution >= 4 is 33.7 Å². The summed E-state index contributed by atoms with van der Waals surface area (Å²) in [5.74, 6) is 0.836. The number of para-hydroxylation sites is 2. The van der Waals surface area contributed by atoms with Crippen LogP contribution in [-0.2, 0) is 17.8 Å². The van der Waals surface area contributed by atoms with Gasteiger partial charge in [-0.15, -0.1) is 0 Å². The summed E-state index contributed by atoms with van der Waals surface area (Å²) < 4.78 is 23.4. The fourth-order valence-corrected chi connectivity index (χ4v) is 4.46. The van der Waals surface area contributed by atoms with Gasteiger partial charge in [-0.05, 0) is 42.7 Å². The first kappa shape index (κ1) is 23.0. The molecule has 0 aliphatic carbocycles. The highest BCUT2D eigenvalue weighted by Crippen LogP contribution is 2.34. The lowest BCUT2D eigenvalue weighted by atomic mass is 10.2. The van der Waals surface area contributed by atoms with Crippen molar-refractivity contribution in [3.05, 3.63) is 71.9 Å². The molecule has 0 aliphatic rings. The number of halogens is 1. The molecule has 3 aromatic heterocycles. The minimum atomic E-state index is -0.276. The lowest BCUT2D eigenvalue weighted by Crippen LogP contribution is -2.07. The summed E-state index contributed by atoms with van der Waals surface area (Å²) in [6.45, 7) is 4.68. The highest BCUT2D eigenvalue weighted by Gasteiger charge is 2.22. The molecule has 35 heavy (non-hydrogen) atoms. The van der Waals surface area contributed by atoms with Gasteiger partial charge in [-0.3, -0.25) is 9.20 Å². The lowest BCUT2D eigenvalue weighted by Gasteiger charge is -2.09. The number of aromatic nitrogens is 4. The standard InChI is InChI=1S/C28H29FN4O2/c1-3-5-11-24-31-27-26(28-30-21-9-7-8-10-22(21)33(24)28)23(35-25(34)12-6-4-2)18-32(27)17-19-13-15-20(29)16-14-19/h7-10,13-16,18H,3-6,11-12,17H2,1-2H3. The van der Waals surface area contributed by atoms with Crippen LogP contribution in [0.2, 0.25) is 0 Å². The van der Waals surface area contributed by atoms with Crippen LogP contribution in [-0.4, -0.2) is 24.9 Å². The van der Waals surface area contributed by atoms with E-state index in [9.17, 15) is 9.18 Å². The first-order valence-electron chi connectivity index (χ1n) is 12.3. The number of esters is 1. The van der Waals surface area contributed by atoms with Gasteiger partial charge in [0.25, 0.3) is 0 Å². The third kappa shape index (κ3) is 4.50. The molecule has 3 heterocycles. The molecule has 0 amide bonds. The van der Waals surface area contributed by atoms with Crippen LogP contribution in [0.1, 0.15) is 57.3 Å². The number of aryl methyl sites for hydroxylation is 1. The Kier molecular flexibility index (Phi) is 6.49. The van der Waals surface area contributed by atoms with Crippen molar-refractivity contribution in [2.24, 2.45) is 0 Å². The number of imidazole rings is 1. The SMILES string of the molecule is CCCCC(=O)Oc1cn(Cc2ccc(F)cc2)c2nc(CCCC)n3c4ccccc4nc3c12. The number of carbonyl (C=O) groups is 1. The molecule has 2 aromatic carbocycles. The van der Waals surface area contributed by atoms with Crippen molar-refractivity contribution in [1.82, 2.24) is 18.9 Å². The van der Waals surface area contributed by atoms with Crippen LogP contribution in [0.3, 0.4) is 0 Å². The van der Waals surface area contributed by atoms with E-state index < -0.39 is 0 Å². The van der Waals surface area contributed by atoms with E-state index in [0.717, 1.165) is 60.2 Å². The van der Waals surface area contributed by atoms with Gasteiger partial charge in [0.15, 0.2) is 11.4 Å². The molecule has 5 aromatic rings. The number of hydrogen-bond acceptors (Lipinski definition) is 4. The predicted octanol–water partition coefficient (Wildman–Crippen LogP) is 6.46. The van der Waals surface area contributed by atoms with Gasteiger partial charge >= 0.3 is 5.97 Å². The maximum atomic E-state index is 13.5. The Bertz CT molecular complexity index is 1500. The molecule has 0 bridgehead atoms. The molecule has 6 nitrogen and oxygen atoms in total. The normalized spacial score (nSPS) is 11.6. The lowest BCUT2D eigenvalue weighted by molar-refractivity contribution is -0.134. The molecule has 0 saturated heterocycles. The smallest absolute Gasteiger partial charge is 0.311 e. The minimum absolute atomic E-state index is 0.267. The average Bonchev–Trinajstić information content (AvgIpc) is 3.41. The van der Waals surface area contributed by atoms with Crippen LogP contribution in [0, 0.1) is 5.82 Å². The summed E-state index contributed by atoms with van der Waals surface area (Å²) in [7, 11) is 0. The van der Waals surface area contributed by atoms with Crippen molar-refractivity contribution in [3.63, 3.8) is 0 Å². The van der Waals surface area contributed by atoms with Gasteiger partial charge in [-0.1, -0.05) is 51.0 Å². The Balaban J connectivity index is 1.74. The van der Waals surface area contributed by atoms with Crippen molar-refractivity contribution in [1.29, 1.82) is 0 Å². The summed E-state index contributed by atoms with van der Waals surface area (Å²) in [4.78, 5) is 22.6. The van der Waals surface area contributed by atoms with Crippen LogP contribution >= 0.6 is 0 Å². The van der Waals surface area contributed by atoms with E-state index in [1.807, 2.05) is 42.0 Å². The maximum Gasteiger partial charge on any atom is 0.311 e. The fraction of sp³-hybridized carbons (Fsp3) is 0.321. The summed E-state index contributed by atoms with van der Waals surface area (Å²) >= 11 is 0. The van der Waals surface area contributed by atoms with E-state index in [-0.39, 0.29) is 11.8 Å². The number of nitrogens with zero attached hydrogens (tertiary/aromatic N) is 4. The molecule has 0 atom stereocenters. The quantitative estimate of drug-likeness (QED) is 0.231. The van der Waals surface area contributed by atoms with E-state index in [1.54, 1.807) is 12.1 Å². The molecule has 5 rings (SSSR count). The van der Waals surface area contributed by atoms with Crippen LogP contribution in [0.4, 0.5) is 4.39 Å².